The maximum Gasteiger partial charge on any atom is 0.326 e. The van der Waals surface area contributed by atoms with Gasteiger partial charge in [-0.15, -0.1) is 0 Å². The van der Waals surface area contributed by atoms with Crippen LogP contribution in [-0.4, -0.2) is 67.1 Å². The summed E-state index contributed by atoms with van der Waals surface area (Å²) in [5.74, 6) is -1.54. The summed E-state index contributed by atoms with van der Waals surface area (Å²) in [7, 11) is 0. The molecule has 0 aromatic heterocycles. The Morgan fingerprint density at radius 1 is 0.822 bits per heavy atom. The number of nitrogens with one attached hydrogen (secondary N) is 1. The molecule has 3 aromatic rings. The fourth-order valence-corrected chi connectivity index (χ4v) is 5.33. The third-order valence-corrected chi connectivity index (χ3v) is 7.74. The molecule has 2 atom stereocenters. The summed E-state index contributed by atoms with van der Waals surface area (Å²) in [5.41, 5.74) is 8.42. The van der Waals surface area contributed by atoms with Crippen molar-refractivity contribution in [1.29, 1.82) is 0 Å². The van der Waals surface area contributed by atoms with E-state index < -0.39 is 35.8 Å². The van der Waals surface area contributed by atoms with Crippen molar-refractivity contribution in [1.82, 2.24) is 5.32 Å². The molecule has 0 spiro atoms. The number of benzene rings is 3. The molecule has 3 N–H and O–H groups in total. The second-order valence-corrected chi connectivity index (χ2v) is 11.0. The Labute approximate surface area is 267 Å². The van der Waals surface area contributed by atoms with E-state index in [4.69, 9.17) is 15.2 Å². The zero-order valence-electron chi connectivity index (χ0n) is 25.5. The highest BCUT2D eigenvalue weighted by atomic mass is 32.2. The van der Waals surface area contributed by atoms with E-state index in [-0.39, 0.29) is 44.1 Å². The third kappa shape index (κ3) is 11.2. The predicted molar refractivity (Wildman–Crippen MR) is 174 cm³/mol. The van der Waals surface area contributed by atoms with Crippen LogP contribution in [0.3, 0.4) is 0 Å². The van der Waals surface area contributed by atoms with Crippen molar-refractivity contribution < 1.29 is 33.4 Å². The van der Waals surface area contributed by atoms with Crippen molar-refractivity contribution in [3.63, 3.8) is 0 Å². The van der Waals surface area contributed by atoms with Crippen molar-refractivity contribution in [3.05, 3.63) is 102 Å². The van der Waals surface area contributed by atoms with E-state index in [9.17, 15) is 24.0 Å². The molecule has 3 rings (SSSR count). The Morgan fingerprint density at radius 3 is 2.04 bits per heavy atom. The largest absolute Gasteiger partial charge is 0.465 e. The summed E-state index contributed by atoms with van der Waals surface area (Å²) < 4.78 is 10.0. The number of thioether (sulfide) groups is 1. The fraction of sp³-hybridized carbons (Fsp3) is 0.324. The number of ketones is 1. The lowest BCUT2D eigenvalue weighted by atomic mass is 10.0. The minimum absolute atomic E-state index is 0.0397. The van der Waals surface area contributed by atoms with E-state index in [2.05, 4.69) is 5.32 Å². The fourth-order valence-electron chi connectivity index (χ4n) is 4.33. The Balaban J connectivity index is 1.73. The standard InChI is InChI=1S/C34H39N3O7S/c1-3-43-31(39)21-37(27-13-9-6-10-14-27)33(41)29(36-30(38)20-19-28(35)34(42)44-4-2)23-45-22-24-15-17-26(18-16-24)32(40)25-11-7-5-8-12-25/h5-18,28-29H,3-4,19-23,35H2,1-2H3,(H,36,38)/t28-,29-/m0/s1. The number of nitrogens with two attached hydrogens (primary N) is 1. The van der Waals surface area contributed by atoms with Crippen LogP contribution in [0.2, 0.25) is 0 Å². The number of carbonyl (C=O) groups excluding carboxylic acids is 5. The normalized spacial score (nSPS) is 12.0. The lowest BCUT2D eigenvalue weighted by molar-refractivity contribution is -0.145. The second-order valence-electron chi connectivity index (χ2n) is 9.99. The number of ether oxygens (including phenoxy) is 2. The number of esters is 2. The van der Waals surface area contributed by atoms with Gasteiger partial charge in [0.15, 0.2) is 5.78 Å². The van der Waals surface area contributed by atoms with Gasteiger partial charge in [0.2, 0.25) is 5.91 Å². The van der Waals surface area contributed by atoms with Crippen LogP contribution in [0, 0.1) is 0 Å². The molecule has 0 aliphatic heterocycles. The molecule has 0 bridgehead atoms. The van der Waals surface area contributed by atoms with Gasteiger partial charge in [0, 0.05) is 34.7 Å². The van der Waals surface area contributed by atoms with Crippen molar-refractivity contribution >= 4 is 47.0 Å². The molecule has 45 heavy (non-hydrogen) atoms. The van der Waals surface area contributed by atoms with Gasteiger partial charge in [-0.3, -0.25) is 28.9 Å². The quantitative estimate of drug-likeness (QED) is 0.167. The highest BCUT2D eigenvalue weighted by Gasteiger charge is 2.29. The molecule has 0 aliphatic rings. The molecule has 0 aliphatic carbocycles. The molecule has 0 radical (unpaired) electrons. The number of carbonyl (C=O) groups is 5. The molecule has 3 aromatic carbocycles. The Morgan fingerprint density at radius 2 is 1.42 bits per heavy atom. The van der Waals surface area contributed by atoms with E-state index in [1.807, 2.05) is 30.3 Å². The summed E-state index contributed by atoms with van der Waals surface area (Å²) >= 11 is 1.41. The summed E-state index contributed by atoms with van der Waals surface area (Å²) in [6.45, 7) is 3.34. The summed E-state index contributed by atoms with van der Waals surface area (Å²) in [6.07, 6.45) is -0.0630. The molecule has 10 nitrogen and oxygen atoms in total. The molecule has 0 saturated carbocycles. The predicted octanol–water partition coefficient (Wildman–Crippen LogP) is 3.90. The first-order chi connectivity index (χ1) is 21.7. The van der Waals surface area contributed by atoms with E-state index in [0.717, 1.165) is 5.56 Å². The lowest BCUT2D eigenvalue weighted by Crippen LogP contribution is -2.52. The second kappa shape index (κ2) is 18.4. The van der Waals surface area contributed by atoms with E-state index in [1.165, 1.54) is 16.7 Å². The average Bonchev–Trinajstić information content (AvgIpc) is 3.06. The first-order valence-electron chi connectivity index (χ1n) is 14.7. The number of rotatable bonds is 17. The van der Waals surface area contributed by atoms with Crippen molar-refractivity contribution in [2.45, 2.75) is 44.5 Å². The van der Waals surface area contributed by atoms with E-state index in [1.54, 1.807) is 68.4 Å². The van der Waals surface area contributed by atoms with Crippen LogP contribution in [0.4, 0.5) is 5.69 Å². The first-order valence-corrected chi connectivity index (χ1v) is 15.9. The number of para-hydroxylation sites is 1. The van der Waals surface area contributed by atoms with Crippen molar-refractivity contribution in [2.75, 3.05) is 30.4 Å². The van der Waals surface area contributed by atoms with Gasteiger partial charge in [-0.05, 0) is 38.0 Å². The molecule has 0 saturated heterocycles. The van der Waals surface area contributed by atoms with Crippen LogP contribution in [0.5, 0.6) is 0 Å². The Kier molecular flexibility index (Phi) is 14.3. The number of nitrogens with zero attached hydrogens (tertiary/aromatic N) is 1. The van der Waals surface area contributed by atoms with Crippen molar-refractivity contribution in [2.24, 2.45) is 5.73 Å². The van der Waals surface area contributed by atoms with Gasteiger partial charge in [0.05, 0.1) is 13.2 Å². The van der Waals surface area contributed by atoms with Gasteiger partial charge in [0.25, 0.3) is 5.91 Å². The van der Waals surface area contributed by atoms with Gasteiger partial charge in [-0.25, -0.2) is 0 Å². The number of hydrogen-bond acceptors (Lipinski definition) is 9. The number of amides is 2. The average molecular weight is 634 g/mol. The van der Waals surface area contributed by atoms with Crippen LogP contribution in [0.15, 0.2) is 84.9 Å². The Bertz CT molecular complexity index is 1420. The molecular weight excluding hydrogens is 594 g/mol. The summed E-state index contributed by atoms with van der Waals surface area (Å²) in [4.78, 5) is 65.2. The highest BCUT2D eigenvalue weighted by molar-refractivity contribution is 7.98. The molecule has 11 heteroatoms. The zero-order chi connectivity index (χ0) is 32.6. The first kappa shape index (κ1) is 35.0. The maximum absolute atomic E-state index is 13.9. The van der Waals surface area contributed by atoms with Crippen LogP contribution in [0.1, 0.15) is 48.2 Å². The lowest BCUT2D eigenvalue weighted by Gasteiger charge is -2.27. The van der Waals surface area contributed by atoms with Crippen molar-refractivity contribution in [3.8, 4) is 0 Å². The van der Waals surface area contributed by atoms with Crippen LogP contribution < -0.4 is 16.0 Å². The van der Waals surface area contributed by atoms with E-state index in [0.29, 0.717) is 22.6 Å². The van der Waals surface area contributed by atoms with Gasteiger partial charge in [-0.1, -0.05) is 72.8 Å². The molecular formula is C34H39N3O7S. The van der Waals surface area contributed by atoms with Crippen LogP contribution >= 0.6 is 11.8 Å². The van der Waals surface area contributed by atoms with Gasteiger partial charge >= 0.3 is 11.9 Å². The molecule has 0 heterocycles. The summed E-state index contributed by atoms with van der Waals surface area (Å²) in [5, 5.41) is 2.77. The maximum atomic E-state index is 13.9. The molecule has 2 amide bonds. The van der Waals surface area contributed by atoms with Gasteiger partial charge in [-0.2, -0.15) is 11.8 Å². The Hall–Kier alpha value is -4.48. The monoisotopic (exact) mass is 633 g/mol. The summed E-state index contributed by atoms with van der Waals surface area (Å²) in [6, 6.07) is 22.9. The molecule has 0 fully saturated rings. The van der Waals surface area contributed by atoms with Gasteiger partial charge in [0.1, 0.15) is 18.6 Å². The number of hydrogen-bond donors (Lipinski definition) is 2. The van der Waals surface area contributed by atoms with Gasteiger partial charge < -0.3 is 20.5 Å². The molecule has 0 unspecified atom stereocenters. The SMILES string of the molecule is CCOC(=O)CN(C(=O)[C@H](CSCc1ccc(C(=O)c2ccccc2)cc1)NC(=O)CC[C@H](N)C(=O)OCC)c1ccccc1. The minimum atomic E-state index is -1.00. The number of anilines is 1. The van der Waals surface area contributed by atoms with Crippen LogP contribution in [0.25, 0.3) is 0 Å². The minimum Gasteiger partial charge on any atom is -0.465 e. The highest BCUT2D eigenvalue weighted by Crippen LogP contribution is 2.20. The third-order valence-electron chi connectivity index (χ3n) is 6.64. The van der Waals surface area contributed by atoms with Crippen LogP contribution in [-0.2, 0) is 34.4 Å². The topological polar surface area (TPSA) is 145 Å². The molecule has 238 valence electrons. The smallest absolute Gasteiger partial charge is 0.326 e. The van der Waals surface area contributed by atoms with E-state index >= 15 is 0 Å². The zero-order valence-corrected chi connectivity index (χ0v) is 26.3.